The van der Waals surface area contributed by atoms with Crippen LogP contribution in [0.4, 0.5) is 5.69 Å². The van der Waals surface area contributed by atoms with Gasteiger partial charge < -0.3 is 5.73 Å². The first kappa shape index (κ1) is 9.85. The molecule has 1 heteroatoms. The van der Waals surface area contributed by atoms with Crippen molar-refractivity contribution in [2.75, 3.05) is 5.73 Å². The third-order valence-electron chi connectivity index (χ3n) is 2.36. The summed E-state index contributed by atoms with van der Waals surface area (Å²) in [5, 5.41) is 0. The molecule has 2 N–H and O–H groups in total. The molecule has 0 radical (unpaired) electrons. The van der Waals surface area contributed by atoms with E-state index in [4.69, 9.17) is 5.73 Å². The number of hydrogen-bond donors (Lipinski definition) is 1. The molecule has 0 aliphatic carbocycles. The normalized spacial score (nSPS) is 12.5. The molecule has 0 aliphatic rings. The zero-order chi connectivity index (χ0) is 9.84. The van der Waals surface area contributed by atoms with Crippen LogP contribution in [-0.2, 0) is 6.42 Å². The predicted octanol–water partition coefficient (Wildman–Crippen LogP) is 3.02. The Morgan fingerprint density at radius 2 is 1.92 bits per heavy atom. The molecule has 0 saturated heterocycles. The van der Waals surface area contributed by atoms with Crippen LogP contribution in [0.25, 0.3) is 0 Å². The fraction of sp³-hybridized carbons (Fsp3) is 0.333. The van der Waals surface area contributed by atoms with E-state index in [-0.39, 0.29) is 0 Å². The zero-order valence-electron chi connectivity index (χ0n) is 8.38. The van der Waals surface area contributed by atoms with Gasteiger partial charge in [0.05, 0.1) is 0 Å². The van der Waals surface area contributed by atoms with Crippen LogP contribution in [0.1, 0.15) is 19.4 Å². The summed E-state index contributed by atoms with van der Waals surface area (Å²) in [5.41, 5.74) is 8.98. The van der Waals surface area contributed by atoms with E-state index in [0.29, 0.717) is 5.92 Å². The van der Waals surface area contributed by atoms with Crippen molar-refractivity contribution in [2.45, 2.75) is 20.3 Å². The maximum atomic E-state index is 5.60. The largest absolute Gasteiger partial charge is 0.399 e. The summed E-state index contributed by atoms with van der Waals surface area (Å²) in [5.74, 6) is 0.545. The lowest BCUT2D eigenvalue weighted by Gasteiger charge is -2.10. The molecule has 0 aromatic heterocycles. The first-order valence-corrected chi connectivity index (χ1v) is 4.59. The summed E-state index contributed by atoms with van der Waals surface area (Å²) in [6.07, 6.45) is 1.05. The Morgan fingerprint density at radius 1 is 1.38 bits per heavy atom. The van der Waals surface area contributed by atoms with Crippen LogP contribution < -0.4 is 5.73 Å². The number of rotatable bonds is 3. The zero-order valence-corrected chi connectivity index (χ0v) is 8.38. The Kier molecular flexibility index (Phi) is 3.13. The van der Waals surface area contributed by atoms with Crippen molar-refractivity contribution in [1.29, 1.82) is 0 Å². The lowest BCUT2D eigenvalue weighted by atomic mass is 9.96. The van der Waals surface area contributed by atoms with Crippen LogP contribution >= 0.6 is 0 Å². The monoisotopic (exact) mass is 175 g/mol. The highest BCUT2D eigenvalue weighted by molar-refractivity contribution is 5.39. The molecule has 0 bridgehead atoms. The van der Waals surface area contributed by atoms with Gasteiger partial charge in [0.1, 0.15) is 0 Å². The van der Waals surface area contributed by atoms with Crippen molar-refractivity contribution < 1.29 is 0 Å². The van der Waals surface area contributed by atoms with Crippen molar-refractivity contribution in [1.82, 2.24) is 0 Å². The molecule has 0 unspecified atom stereocenters. The van der Waals surface area contributed by atoms with Crippen LogP contribution in [0.5, 0.6) is 0 Å². The molecule has 1 aromatic rings. The van der Waals surface area contributed by atoms with Gasteiger partial charge >= 0.3 is 0 Å². The Labute approximate surface area is 80.3 Å². The molecule has 0 aliphatic heterocycles. The quantitative estimate of drug-likeness (QED) is 0.554. The lowest BCUT2D eigenvalue weighted by molar-refractivity contribution is 0.680. The summed E-state index contributed by atoms with van der Waals surface area (Å²) in [6, 6.07) is 8.05. The van der Waals surface area contributed by atoms with Gasteiger partial charge in [-0.1, -0.05) is 31.2 Å². The molecule has 1 atom stereocenters. The molecule has 1 rings (SSSR count). The van der Waals surface area contributed by atoms with Crippen LogP contribution in [0.15, 0.2) is 36.4 Å². The average Bonchev–Trinajstić information content (AvgIpc) is 2.08. The van der Waals surface area contributed by atoms with Crippen molar-refractivity contribution >= 4 is 5.69 Å². The lowest BCUT2D eigenvalue weighted by Crippen LogP contribution is -2.00. The van der Waals surface area contributed by atoms with E-state index in [0.717, 1.165) is 12.1 Å². The van der Waals surface area contributed by atoms with E-state index in [2.05, 4.69) is 32.6 Å². The van der Waals surface area contributed by atoms with E-state index in [9.17, 15) is 0 Å². The second-order valence-electron chi connectivity index (χ2n) is 3.69. The number of anilines is 1. The standard InChI is InChI=1S/C12H17N/c1-9(2)10(3)8-11-4-6-12(13)7-5-11/h4-7,10H,1,8,13H2,2-3H3/t10-/m0/s1. The Balaban J connectivity index is 2.64. The molecule has 0 fully saturated rings. The van der Waals surface area contributed by atoms with Crippen molar-refractivity contribution in [3.63, 3.8) is 0 Å². The maximum Gasteiger partial charge on any atom is 0.0314 e. The summed E-state index contributed by atoms with van der Waals surface area (Å²) < 4.78 is 0. The molecule has 0 heterocycles. The van der Waals surface area contributed by atoms with E-state index >= 15 is 0 Å². The van der Waals surface area contributed by atoms with Gasteiger partial charge in [-0.05, 0) is 37.0 Å². The molecule has 0 amide bonds. The molecule has 13 heavy (non-hydrogen) atoms. The highest BCUT2D eigenvalue weighted by atomic mass is 14.5. The highest BCUT2D eigenvalue weighted by Gasteiger charge is 2.03. The van der Waals surface area contributed by atoms with E-state index in [1.165, 1.54) is 11.1 Å². The SMILES string of the molecule is C=C(C)[C@@H](C)Cc1ccc(N)cc1. The van der Waals surface area contributed by atoms with E-state index < -0.39 is 0 Å². The van der Waals surface area contributed by atoms with Gasteiger partial charge in [-0.25, -0.2) is 0 Å². The summed E-state index contributed by atoms with van der Waals surface area (Å²) in [7, 11) is 0. The van der Waals surface area contributed by atoms with Crippen LogP contribution in [-0.4, -0.2) is 0 Å². The third-order valence-corrected chi connectivity index (χ3v) is 2.36. The molecular formula is C12H17N. The van der Waals surface area contributed by atoms with Gasteiger partial charge in [0.2, 0.25) is 0 Å². The second kappa shape index (κ2) is 4.13. The smallest absolute Gasteiger partial charge is 0.0314 e. The minimum Gasteiger partial charge on any atom is -0.399 e. The number of benzene rings is 1. The highest BCUT2D eigenvalue weighted by Crippen LogP contribution is 2.15. The Morgan fingerprint density at radius 3 is 2.38 bits per heavy atom. The van der Waals surface area contributed by atoms with Crippen molar-refractivity contribution in [3.05, 3.63) is 42.0 Å². The van der Waals surface area contributed by atoms with Gasteiger partial charge in [0.25, 0.3) is 0 Å². The molecule has 1 nitrogen and oxygen atoms in total. The van der Waals surface area contributed by atoms with Gasteiger partial charge in [-0.15, -0.1) is 0 Å². The fourth-order valence-corrected chi connectivity index (χ4v) is 1.18. The second-order valence-corrected chi connectivity index (χ2v) is 3.69. The van der Waals surface area contributed by atoms with Crippen molar-refractivity contribution in [3.8, 4) is 0 Å². The summed E-state index contributed by atoms with van der Waals surface area (Å²) in [4.78, 5) is 0. The third kappa shape index (κ3) is 2.94. The van der Waals surface area contributed by atoms with Crippen LogP contribution in [0.2, 0.25) is 0 Å². The first-order chi connectivity index (χ1) is 6.09. The minimum atomic E-state index is 0.545. The van der Waals surface area contributed by atoms with Gasteiger partial charge in [-0.3, -0.25) is 0 Å². The Bertz CT molecular complexity index is 284. The van der Waals surface area contributed by atoms with Crippen LogP contribution in [0, 0.1) is 5.92 Å². The average molecular weight is 175 g/mol. The maximum absolute atomic E-state index is 5.60. The number of nitrogen functional groups attached to an aromatic ring is 1. The Hall–Kier alpha value is -1.24. The molecular weight excluding hydrogens is 158 g/mol. The molecule has 70 valence electrons. The summed E-state index contributed by atoms with van der Waals surface area (Å²) in [6.45, 7) is 8.21. The number of nitrogens with two attached hydrogens (primary N) is 1. The van der Waals surface area contributed by atoms with Gasteiger partial charge in [-0.2, -0.15) is 0 Å². The fourth-order valence-electron chi connectivity index (χ4n) is 1.18. The van der Waals surface area contributed by atoms with Gasteiger partial charge in [0, 0.05) is 5.69 Å². The topological polar surface area (TPSA) is 26.0 Å². The van der Waals surface area contributed by atoms with Crippen molar-refractivity contribution in [2.24, 2.45) is 5.92 Å². The number of allylic oxidation sites excluding steroid dienone is 1. The molecule has 0 spiro atoms. The molecule has 0 saturated carbocycles. The van der Waals surface area contributed by atoms with E-state index in [1.54, 1.807) is 0 Å². The predicted molar refractivity (Wildman–Crippen MR) is 58.5 cm³/mol. The molecule has 1 aromatic carbocycles. The van der Waals surface area contributed by atoms with Gasteiger partial charge in [0.15, 0.2) is 0 Å². The number of hydrogen-bond acceptors (Lipinski definition) is 1. The minimum absolute atomic E-state index is 0.545. The van der Waals surface area contributed by atoms with E-state index in [1.807, 2.05) is 12.1 Å². The first-order valence-electron chi connectivity index (χ1n) is 4.59. The summed E-state index contributed by atoms with van der Waals surface area (Å²) >= 11 is 0. The van der Waals surface area contributed by atoms with Crippen LogP contribution in [0.3, 0.4) is 0 Å².